The first-order valence-corrected chi connectivity index (χ1v) is 8.19. The van der Waals surface area contributed by atoms with E-state index in [4.69, 9.17) is 5.73 Å². The Morgan fingerprint density at radius 3 is 2.74 bits per heavy atom. The molecular formula is C18H17N3OS. The molecule has 116 valence electrons. The molecule has 0 radical (unpaired) electrons. The summed E-state index contributed by atoms with van der Waals surface area (Å²) in [4.78, 5) is 16.5. The molecule has 0 aliphatic heterocycles. The summed E-state index contributed by atoms with van der Waals surface area (Å²) in [6.45, 7) is 0.535. The fraction of sp³-hybridized carbons (Fsp3) is 0.111. The molecule has 0 atom stereocenters. The van der Waals surface area contributed by atoms with Gasteiger partial charge >= 0.3 is 0 Å². The second kappa shape index (κ2) is 7.07. The summed E-state index contributed by atoms with van der Waals surface area (Å²) < 4.78 is 0. The summed E-state index contributed by atoms with van der Waals surface area (Å²) in [6.07, 6.45) is 0.291. The molecule has 3 N–H and O–H groups in total. The Hall–Kier alpha value is -2.66. The zero-order chi connectivity index (χ0) is 16.1. The van der Waals surface area contributed by atoms with Gasteiger partial charge in [-0.25, -0.2) is 4.98 Å². The third-order valence-electron chi connectivity index (χ3n) is 3.38. The highest BCUT2D eigenvalue weighted by Gasteiger charge is 2.09. The second-order valence-corrected chi connectivity index (χ2v) is 6.13. The molecule has 2 aromatic carbocycles. The van der Waals surface area contributed by atoms with Gasteiger partial charge in [0.05, 0.1) is 12.1 Å². The lowest BCUT2D eigenvalue weighted by Crippen LogP contribution is -2.24. The minimum Gasteiger partial charge on any atom is -0.399 e. The van der Waals surface area contributed by atoms with Gasteiger partial charge in [-0.1, -0.05) is 42.5 Å². The molecule has 3 rings (SSSR count). The van der Waals surface area contributed by atoms with E-state index in [9.17, 15) is 4.79 Å². The third-order valence-corrected chi connectivity index (χ3v) is 4.23. The lowest BCUT2D eigenvalue weighted by molar-refractivity contribution is -0.120. The SMILES string of the molecule is Nc1cccc(-c2csc(CC(=O)NCc3ccccc3)n2)c1. The average molecular weight is 323 g/mol. The number of carbonyl (C=O) groups is 1. The van der Waals surface area contributed by atoms with Crippen LogP contribution in [0.5, 0.6) is 0 Å². The van der Waals surface area contributed by atoms with Crippen LogP contribution in [0.25, 0.3) is 11.3 Å². The number of hydrogen-bond acceptors (Lipinski definition) is 4. The zero-order valence-electron chi connectivity index (χ0n) is 12.5. The van der Waals surface area contributed by atoms with Crippen LogP contribution in [0, 0.1) is 0 Å². The number of thiazole rings is 1. The molecule has 0 aliphatic carbocycles. The lowest BCUT2D eigenvalue weighted by atomic mass is 10.1. The number of nitrogens with zero attached hydrogens (tertiary/aromatic N) is 1. The molecule has 0 spiro atoms. The minimum atomic E-state index is -0.0256. The summed E-state index contributed by atoms with van der Waals surface area (Å²) in [5, 5.41) is 5.67. The van der Waals surface area contributed by atoms with Crippen molar-refractivity contribution < 1.29 is 4.79 Å². The number of rotatable bonds is 5. The molecule has 0 fully saturated rings. The first-order chi connectivity index (χ1) is 11.2. The van der Waals surface area contributed by atoms with Gasteiger partial charge in [0.2, 0.25) is 5.91 Å². The molecule has 0 saturated heterocycles. The Kier molecular flexibility index (Phi) is 4.68. The molecule has 1 amide bonds. The minimum absolute atomic E-state index is 0.0256. The van der Waals surface area contributed by atoms with E-state index in [2.05, 4.69) is 10.3 Å². The highest BCUT2D eigenvalue weighted by Crippen LogP contribution is 2.23. The Labute approximate surface area is 139 Å². The summed E-state index contributed by atoms with van der Waals surface area (Å²) in [5.41, 5.74) is 9.40. The van der Waals surface area contributed by atoms with Crippen molar-refractivity contribution >= 4 is 22.9 Å². The first-order valence-electron chi connectivity index (χ1n) is 7.31. The van der Waals surface area contributed by atoms with Crippen LogP contribution in [0.1, 0.15) is 10.6 Å². The Morgan fingerprint density at radius 1 is 1.13 bits per heavy atom. The van der Waals surface area contributed by atoms with Crippen molar-refractivity contribution in [2.75, 3.05) is 5.73 Å². The van der Waals surface area contributed by atoms with E-state index in [1.54, 1.807) is 0 Å². The molecule has 0 bridgehead atoms. The number of hydrogen-bond donors (Lipinski definition) is 2. The number of nitrogen functional groups attached to an aromatic ring is 1. The Balaban J connectivity index is 1.59. The molecule has 5 heteroatoms. The number of amides is 1. The van der Waals surface area contributed by atoms with Crippen LogP contribution < -0.4 is 11.1 Å². The molecule has 4 nitrogen and oxygen atoms in total. The van der Waals surface area contributed by atoms with E-state index in [1.807, 2.05) is 60.0 Å². The maximum Gasteiger partial charge on any atom is 0.227 e. The van der Waals surface area contributed by atoms with Gasteiger partial charge in [0.15, 0.2) is 0 Å². The summed E-state index contributed by atoms with van der Waals surface area (Å²) in [5.74, 6) is -0.0256. The lowest BCUT2D eigenvalue weighted by Gasteiger charge is -2.03. The highest BCUT2D eigenvalue weighted by molar-refractivity contribution is 7.10. The van der Waals surface area contributed by atoms with Gasteiger partial charge in [-0.3, -0.25) is 4.79 Å². The first kappa shape index (κ1) is 15.2. The van der Waals surface area contributed by atoms with Crippen molar-refractivity contribution in [1.82, 2.24) is 10.3 Å². The number of nitrogens with two attached hydrogens (primary N) is 1. The largest absolute Gasteiger partial charge is 0.399 e. The predicted octanol–water partition coefficient (Wildman–Crippen LogP) is 3.25. The maximum absolute atomic E-state index is 12.0. The number of nitrogens with one attached hydrogen (secondary N) is 1. The zero-order valence-corrected chi connectivity index (χ0v) is 13.3. The van der Waals surface area contributed by atoms with Crippen molar-refractivity contribution in [3.63, 3.8) is 0 Å². The van der Waals surface area contributed by atoms with Gasteiger partial charge in [-0.15, -0.1) is 11.3 Å². The normalized spacial score (nSPS) is 10.4. The van der Waals surface area contributed by atoms with E-state index < -0.39 is 0 Å². The van der Waals surface area contributed by atoms with Gasteiger partial charge in [0.1, 0.15) is 5.01 Å². The Bertz CT molecular complexity index is 799. The molecular weight excluding hydrogens is 306 g/mol. The van der Waals surface area contributed by atoms with Crippen molar-refractivity contribution in [2.24, 2.45) is 0 Å². The van der Waals surface area contributed by atoms with E-state index in [1.165, 1.54) is 11.3 Å². The quantitative estimate of drug-likeness (QED) is 0.708. The molecule has 1 aromatic heterocycles. The fourth-order valence-electron chi connectivity index (χ4n) is 2.22. The van der Waals surface area contributed by atoms with Crippen LogP contribution >= 0.6 is 11.3 Å². The van der Waals surface area contributed by atoms with Crippen LogP contribution in [0.4, 0.5) is 5.69 Å². The summed E-state index contributed by atoms with van der Waals surface area (Å²) >= 11 is 1.49. The number of anilines is 1. The number of benzene rings is 2. The fourth-order valence-corrected chi connectivity index (χ4v) is 3.02. The van der Waals surface area contributed by atoms with Crippen molar-refractivity contribution in [3.8, 4) is 11.3 Å². The summed E-state index contributed by atoms with van der Waals surface area (Å²) in [6, 6.07) is 17.4. The molecule has 23 heavy (non-hydrogen) atoms. The summed E-state index contributed by atoms with van der Waals surface area (Å²) in [7, 11) is 0. The number of aromatic nitrogens is 1. The van der Waals surface area contributed by atoms with Gasteiger partial charge < -0.3 is 11.1 Å². The standard InChI is InChI=1S/C18H17N3OS/c19-15-8-4-7-14(9-15)16-12-23-18(21-16)10-17(22)20-11-13-5-2-1-3-6-13/h1-9,12H,10-11,19H2,(H,20,22). The molecule has 0 aliphatic rings. The smallest absolute Gasteiger partial charge is 0.227 e. The van der Waals surface area contributed by atoms with Crippen LogP contribution in [0.15, 0.2) is 60.0 Å². The Morgan fingerprint density at radius 2 is 1.96 bits per heavy atom. The monoisotopic (exact) mass is 323 g/mol. The van der Waals surface area contributed by atoms with E-state index >= 15 is 0 Å². The van der Waals surface area contributed by atoms with Crippen LogP contribution in [-0.2, 0) is 17.8 Å². The second-order valence-electron chi connectivity index (χ2n) is 5.19. The van der Waals surface area contributed by atoms with Crippen molar-refractivity contribution in [2.45, 2.75) is 13.0 Å². The van der Waals surface area contributed by atoms with Gasteiger partial charge in [-0.2, -0.15) is 0 Å². The number of carbonyl (C=O) groups excluding carboxylic acids is 1. The van der Waals surface area contributed by atoms with E-state index in [-0.39, 0.29) is 5.91 Å². The van der Waals surface area contributed by atoms with Gasteiger partial charge in [0.25, 0.3) is 0 Å². The maximum atomic E-state index is 12.0. The van der Waals surface area contributed by atoms with Crippen molar-refractivity contribution in [3.05, 3.63) is 70.5 Å². The van der Waals surface area contributed by atoms with Gasteiger partial charge in [-0.05, 0) is 17.7 Å². The van der Waals surface area contributed by atoms with Crippen LogP contribution in [-0.4, -0.2) is 10.9 Å². The predicted molar refractivity (Wildman–Crippen MR) is 94.0 cm³/mol. The van der Waals surface area contributed by atoms with Crippen molar-refractivity contribution in [1.29, 1.82) is 0 Å². The van der Waals surface area contributed by atoms with Crippen LogP contribution in [0.2, 0.25) is 0 Å². The van der Waals surface area contributed by atoms with E-state index in [0.717, 1.165) is 21.8 Å². The van der Waals surface area contributed by atoms with E-state index in [0.29, 0.717) is 18.7 Å². The molecule has 1 heterocycles. The third kappa shape index (κ3) is 4.17. The average Bonchev–Trinajstić information content (AvgIpc) is 3.02. The van der Waals surface area contributed by atoms with Crippen LogP contribution in [0.3, 0.4) is 0 Å². The molecule has 3 aromatic rings. The highest BCUT2D eigenvalue weighted by atomic mass is 32.1. The molecule has 0 saturated carbocycles. The van der Waals surface area contributed by atoms with Gasteiger partial charge in [0, 0.05) is 23.2 Å². The molecule has 0 unspecified atom stereocenters. The topological polar surface area (TPSA) is 68.0 Å².